The van der Waals surface area contributed by atoms with Gasteiger partial charge < -0.3 is 10.0 Å². The first-order valence-electron chi connectivity index (χ1n) is 6.27. The lowest BCUT2D eigenvalue weighted by Crippen LogP contribution is -2.29. The van der Waals surface area contributed by atoms with Gasteiger partial charge in [-0.25, -0.2) is 0 Å². The zero-order valence-electron chi connectivity index (χ0n) is 10.2. The smallest absolute Gasteiger partial charge is 0.0781 e. The summed E-state index contributed by atoms with van der Waals surface area (Å²) in [7, 11) is 0. The van der Waals surface area contributed by atoms with E-state index < -0.39 is 0 Å². The van der Waals surface area contributed by atoms with Gasteiger partial charge in [-0.3, -0.25) is 0 Å². The number of nitrogens with zero attached hydrogens (tertiary/aromatic N) is 1. The fourth-order valence-corrected chi connectivity index (χ4v) is 2.68. The summed E-state index contributed by atoms with van der Waals surface area (Å²) in [6.07, 6.45) is 3.36. The Kier molecular flexibility index (Phi) is 3.49. The second-order valence-electron chi connectivity index (χ2n) is 4.63. The van der Waals surface area contributed by atoms with Crippen LogP contribution in [0.3, 0.4) is 0 Å². The van der Waals surface area contributed by atoms with Crippen molar-refractivity contribution in [2.75, 3.05) is 11.4 Å². The van der Waals surface area contributed by atoms with Crippen molar-refractivity contribution in [3.8, 4) is 0 Å². The van der Waals surface area contributed by atoms with E-state index in [1.165, 1.54) is 24.9 Å². The van der Waals surface area contributed by atoms with E-state index in [4.69, 9.17) is 0 Å². The molecule has 1 aromatic rings. The maximum atomic E-state index is 9.80. The second kappa shape index (κ2) is 4.88. The highest BCUT2D eigenvalue weighted by Gasteiger charge is 2.25. The predicted molar refractivity (Wildman–Crippen MR) is 67.7 cm³/mol. The molecule has 1 fully saturated rings. The lowest BCUT2D eigenvalue weighted by molar-refractivity contribution is 0.199. The molecule has 2 atom stereocenters. The normalized spacial score (nSPS) is 22.4. The Morgan fingerprint density at radius 2 is 2.19 bits per heavy atom. The molecule has 0 aliphatic carbocycles. The van der Waals surface area contributed by atoms with Crippen molar-refractivity contribution >= 4 is 5.69 Å². The Morgan fingerprint density at radius 3 is 2.88 bits per heavy atom. The maximum Gasteiger partial charge on any atom is 0.0781 e. The first kappa shape index (κ1) is 11.5. The van der Waals surface area contributed by atoms with E-state index in [0.717, 1.165) is 12.1 Å². The van der Waals surface area contributed by atoms with Crippen LogP contribution in [0.15, 0.2) is 24.3 Å². The van der Waals surface area contributed by atoms with E-state index in [2.05, 4.69) is 24.0 Å². The molecule has 0 bridgehead atoms. The number of hydrogen-bond acceptors (Lipinski definition) is 2. The van der Waals surface area contributed by atoms with Crippen molar-refractivity contribution in [1.29, 1.82) is 0 Å². The van der Waals surface area contributed by atoms with E-state index >= 15 is 0 Å². The molecule has 0 radical (unpaired) electrons. The van der Waals surface area contributed by atoms with E-state index in [-0.39, 0.29) is 6.10 Å². The van der Waals surface area contributed by atoms with Crippen LogP contribution >= 0.6 is 0 Å². The van der Waals surface area contributed by atoms with Crippen LogP contribution in [-0.2, 0) is 0 Å². The molecule has 88 valence electrons. The predicted octanol–water partition coefficient (Wildman–Crippen LogP) is 3.12. The van der Waals surface area contributed by atoms with Crippen LogP contribution < -0.4 is 4.90 Å². The highest BCUT2D eigenvalue weighted by Crippen LogP contribution is 2.32. The second-order valence-corrected chi connectivity index (χ2v) is 4.63. The zero-order valence-corrected chi connectivity index (χ0v) is 10.2. The Bertz CT molecular complexity index is 348. The standard InChI is InChI=1S/C14H21NO/c1-3-12-7-6-10-15(12)14-9-5-4-8-13(14)11(2)16/h4-5,8-9,11-12,16H,3,6-7,10H2,1-2H3. The number of para-hydroxylation sites is 1. The quantitative estimate of drug-likeness (QED) is 0.844. The summed E-state index contributed by atoms with van der Waals surface area (Å²) in [5, 5.41) is 9.80. The van der Waals surface area contributed by atoms with Crippen molar-refractivity contribution < 1.29 is 5.11 Å². The average Bonchev–Trinajstić information content (AvgIpc) is 2.76. The number of anilines is 1. The van der Waals surface area contributed by atoms with E-state index in [1.807, 2.05) is 19.1 Å². The highest BCUT2D eigenvalue weighted by molar-refractivity contribution is 5.56. The minimum Gasteiger partial charge on any atom is -0.389 e. The molecule has 2 nitrogen and oxygen atoms in total. The first-order chi connectivity index (χ1) is 7.74. The highest BCUT2D eigenvalue weighted by atomic mass is 16.3. The fraction of sp³-hybridized carbons (Fsp3) is 0.571. The minimum atomic E-state index is -0.380. The molecule has 1 heterocycles. The van der Waals surface area contributed by atoms with Gasteiger partial charge in [0, 0.05) is 23.8 Å². The van der Waals surface area contributed by atoms with E-state index in [1.54, 1.807) is 0 Å². The van der Waals surface area contributed by atoms with Gasteiger partial charge >= 0.3 is 0 Å². The van der Waals surface area contributed by atoms with Gasteiger partial charge in [-0.1, -0.05) is 25.1 Å². The van der Waals surface area contributed by atoms with E-state index in [9.17, 15) is 5.11 Å². The lowest BCUT2D eigenvalue weighted by Gasteiger charge is -2.28. The minimum absolute atomic E-state index is 0.380. The van der Waals surface area contributed by atoms with Crippen LogP contribution in [0.4, 0.5) is 5.69 Å². The Balaban J connectivity index is 2.32. The molecular weight excluding hydrogens is 198 g/mol. The summed E-state index contributed by atoms with van der Waals surface area (Å²) in [5.74, 6) is 0. The van der Waals surface area contributed by atoms with Gasteiger partial charge in [0.25, 0.3) is 0 Å². The third-order valence-electron chi connectivity index (χ3n) is 3.54. The lowest BCUT2D eigenvalue weighted by atomic mass is 10.1. The molecule has 2 unspecified atom stereocenters. The molecule has 2 heteroatoms. The average molecular weight is 219 g/mol. The molecule has 16 heavy (non-hydrogen) atoms. The van der Waals surface area contributed by atoms with Crippen molar-refractivity contribution in [1.82, 2.24) is 0 Å². The van der Waals surface area contributed by atoms with Gasteiger partial charge in [-0.15, -0.1) is 0 Å². The summed E-state index contributed by atoms with van der Waals surface area (Å²) < 4.78 is 0. The molecular formula is C14H21NO. The third-order valence-corrected chi connectivity index (χ3v) is 3.54. The third kappa shape index (κ3) is 2.07. The van der Waals surface area contributed by atoms with Gasteiger partial charge in [0.1, 0.15) is 0 Å². The summed E-state index contributed by atoms with van der Waals surface area (Å²) in [4.78, 5) is 2.46. The Labute approximate surface area is 97.9 Å². The molecule has 0 spiro atoms. The largest absolute Gasteiger partial charge is 0.389 e. The SMILES string of the molecule is CCC1CCCN1c1ccccc1C(C)O. The molecule has 1 N–H and O–H groups in total. The van der Waals surface area contributed by atoms with Crippen molar-refractivity contribution in [3.63, 3.8) is 0 Å². The number of benzene rings is 1. The van der Waals surface area contributed by atoms with E-state index in [0.29, 0.717) is 6.04 Å². The maximum absolute atomic E-state index is 9.80. The molecule has 1 aliphatic heterocycles. The van der Waals surface area contributed by atoms with Crippen LogP contribution in [0.2, 0.25) is 0 Å². The van der Waals surface area contributed by atoms with Crippen LogP contribution in [0.5, 0.6) is 0 Å². The van der Waals surface area contributed by atoms with Gasteiger partial charge in [0.2, 0.25) is 0 Å². The Hall–Kier alpha value is -1.02. The zero-order chi connectivity index (χ0) is 11.5. The summed E-state index contributed by atoms with van der Waals surface area (Å²) in [6, 6.07) is 8.88. The molecule has 0 saturated carbocycles. The number of aliphatic hydroxyl groups excluding tert-OH is 1. The first-order valence-corrected chi connectivity index (χ1v) is 6.27. The number of rotatable bonds is 3. The van der Waals surface area contributed by atoms with Crippen LogP contribution in [0.1, 0.15) is 44.8 Å². The van der Waals surface area contributed by atoms with Crippen LogP contribution in [0, 0.1) is 0 Å². The molecule has 2 rings (SSSR count). The van der Waals surface area contributed by atoms with Crippen LogP contribution in [0.25, 0.3) is 0 Å². The topological polar surface area (TPSA) is 23.5 Å². The summed E-state index contributed by atoms with van der Waals surface area (Å²) in [6.45, 7) is 5.21. The fourth-order valence-electron chi connectivity index (χ4n) is 2.68. The van der Waals surface area contributed by atoms with Crippen LogP contribution in [-0.4, -0.2) is 17.7 Å². The van der Waals surface area contributed by atoms with Crippen molar-refractivity contribution in [2.24, 2.45) is 0 Å². The molecule has 0 amide bonds. The molecule has 1 aromatic carbocycles. The number of hydrogen-bond donors (Lipinski definition) is 1. The molecule has 1 aliphatic rings. The van der Waals surface area contributed by atoms with Gasteiger partial charge in [-0.2, -0.15) is 0 Å². The number of aliphatic hydroxyl groups is 1. The van der Waals surface area contributed by atoms with Crippen molar-refractivity contribution in [3.05, 3.63) is 29.8 Å². The van der Waals surface area contributed by atoms with Gasteiger partial charge in [0.05, 0.1) is 6.10 Å². The summed E-state index contributed by atoms with van der Waals surface area (Å²) >= 11 is 0. The van der Waals surface area contributed by atoms with Gasteiger partial charge in [-0.05, 0) is 32.3 Å². The van der Waals surface area contributed by atoms with Gasteiger partial charge in [0.15, 0.2) is 0 Å². The molecule has 0 aromatic heterocycles. The monoisotopic (exact) mass is 219 g/mol. The van der Waals surface area contributed by atoms with Crippen molar-refractivity contribution in [2.45, 2.75) is 45.3 Å². The summed E-state index contributed by atoms with van der Waals surface area (Å²) in [5.41, 5.74) is 2.28. The Morgan fingerprint density at radius 1 is 1.44 bits per heavy atom. The molecule has 1 saturated heterocycles.